The van der Waals surface area contributed by atoms with Gasteiger partial charge in [-0.3, -0.25) is 4.98 Å². The molecule has 1 rings (SSSR count). The molecule has 4 nitrogen and oxygen atoms in total. The molecule has 1 heterocycles. The van der Waals surface area contributed by atoms with E-state index in [4.69, 9.17) is 23.1 Å². The van der Waals surface area contributed by atoms with Crippen molar-refractivity contribution in [2.24, 2.45) is 5.73 Å². The Kier molecular flexibility index (Phi) is 4.28. The van der Waals surface area contributed by atoms with Gasteiger partial charge in [0.15, 0.2) is 5.11 Å². The van der Waals surface area contributed by atoms with Crippen molar-refractivity contribution in [2.45, 2.75) is 12.5 Å². The maximum atomic E-state index is 9.04. The Bertz CT molecular complexity index is 291. The van der Waals surface area contributed by atoms with Crippen LogP contribution in [-0.2, 0) is 6.42 Å². The first-order valence-corrected chi connectivity index (χ1v) is 4.69. The van der Waals surface area contributed by atoms with Crippen LogP contribution in [0.2, 0.25) is 0 Å². The summed E-state index contributed by atoms with van der Waals surface area (Å²) in [5, 5.41) is 12.1. The molecule has 1 aromatic rings. The normalized spacial score (nSPS) is 12.1. The lowest BCUT2D eigenvalue weighted by Gasteiger charge is -2.15. The summed E-state index contributed by atoms with van der Waals surface area (Å²) >= 11 is 4.70. The monoisotopic (exact) mass is 211 g/mol. The minimum Gasteiger partial charge on any atom is -0.394 e. The number of nitrogens with two attached hydrogens (primary N) is 1. The van der Waals surface area contributed by atoms with Gasteiger partial charge in [-0.1, -0.05) is 0 Å². The molecule has 0 amide bonds. The van der Waals surface area contributed by atoms with E-state index in [2.05, 4.69) is 10.3 Å². The number of nitrogens with zero attached hydrogens (tertiary/aromatic N) is 1. The quantitative estimate of drug-likeness (QED) is 0.603. The van der Waals surface area contributed by atoms with E-state index in [-0.39, 0.29) is 17.8 Å². The van der Waals surface area contributed by atoms with Crippen molar-refractivity contribution in [3.8, 4) is 0 Å². The number of aromatic nitrogens is 1. The lowest BCUT2D eigenvalue weighted by atomic mass is 10.1. The first-order valence-electron chi connectivity index (χ1n) is 4.28. The third-order valence-electron chi connectivity index (χ3n) is 1.80. The number of nitrogens with one attached hydrogen (secondary N) is 1. The zero-order valence-electron chi connectivity index (χ0n) is 7.68. The van der Waals surface area contributed by atoms with Gasteiger partial charge in [-0.25, -0.2) is 0 Å². The van der Waals surface area contributed by atoms with Gasteiger partial charge in [0.2, 0.25) is 0 Å². The van der Waals surface area contributed by atoms with Crippen LogP contribution in [0.25, 0.3) is 0 Å². The van der Waals surface area contributed by atoms with Crippen LogP contribution in [0.4, 0.5) is 0 Å². The van der Waals surface area contributed by atoms with E-state index in [9.17, 15) is 0 Å². The van der Waals surface area contributed by atoms with Crippen LogP contribution in [0.15, 0.2) is 24.5 Å². The molecule has 0 aliphatic rings. The summed E-state index contributed by atoms with van der Waals surface area (Å²) in [5.74, 6) is 0. The summed E-state index contributed by atoms with van der Waals surface area (Å²) in [6, 6.07) is 3.66. The number of thiocarbonyl (C=S) groups is 1. The summed E-state index contributed by atoms with van der Waals surface area (Å²) in [6.45, 7) is -0.000334. The molecule has 0 radical (unpaired) electrons. The van der Waals surface area contributed by atoms with Gasteiger partial charge in [-0.15, -0.1) is 0 Å². The van der Waals surface area contributed by atoms with Crippen LogP contribution in [-0.4, -0.2) is 27.9 Å². The molecule has 0 aliphatic heterocycles. The highest BCUT2D eigenvalue weighted by atomic mass is 32.1. The topological polar surface area (TPSA) is 71.2 Å². The third-order valence-corrected chi connectivity index (χ3v) is 1.92. The number of pyridine rings is 1. The summed E-state index contributed by atoms with van der Waals surface area (Å²) in [4.78, 5) is 3.91. The number of hydrogen-bond acceptors (Lipinski definition) is 3. The first-order chi connectivity index (χ1) is 6.72. The Labute approximate surface area is 88.2 Å². The summed E-state index contributed by atoms with van der Waals surface area (Å²) in [6.07, 6.45) is 4.10. The van der Waals surface area contributed by atoms with Crippen LogP contribution >= 0.6 is 12.2 Å². The molecule has 0 saturated carbocycles. The van der Waals surface area contributed by atoms with E-state index in [0.717, 1.165) is 5.56 Å². The highest BCUT2D eigenvalue weighted by Crippen LogP contribution is 2.00. The molecule has 0 fully saturated rings. The van der Waals surface area contributed by atoms with Crippen molar-refractivity contribution in [1.29, 1.82) is 0 Å². The van der Waals surface area contributed by atoms with E-state index in [1.807, 2.05) is 12.1 Å². The molecular formula is C9H13N3OS. The fraction of sp³-hybridized carbons (Fsp3) is 0.333. The Hall–Kier alpha value is -1.20. The van der Waals surface area contributed by atoms with E-state index in [1.165, 1.54) is 0 Å². The third kappa shape index (κ3) is 3.68. The first kappa shape index (κ1) is 10.9. The smallest absolute Gasteiger partial charge is 0.163 e. The Morgan fingerprint density at radius 3 is 2.71 bits per heavy atom. The molecule has 0 spiro atoms. The number of hydrogen-bond donors (Lipinski definition) is 3. The molecular weight excluding hydrogens is 198 g/mol. The maximum Gasteiger partial charge on any atom is 0.163 e. The van der Waals surface area contributed by atoms with Crippen LogP contribution in [0.5, 0.6) is 0 Å². The molecule has 0 bridgehead atoms. The molecule has 1 atom stereocenters. The van der Waals surface area contributed by atoms with Crippen molar-refractivity contribution in [3.05, 3.63) is 30.1 Å². The van der Waals surface area contributed by atoms with Gasteiger partial charge in [0.05, 0.1) is 12.6 Å². The Morgan fingerprint density at radius 2 is 2.21 bits per heavy atom. The van der Waals surface area contributed by atoms with E-state index in [0.29, 0.717) is 6.42 Å². The zero-order chi connectivity index (χ0) is 10.4. The fourth-order valence-electron chi connectivity index (χ4n) is 1.17. The predicted octanol–water partition coefficient (Wildman–Crippen LogP) is -0.182. The highest BCUT2D eigenvalue weighted by Gasteiger charge is 2.07. The van der Waals surface area contributed by atoms with Crippen molar-refractivity contribution in [2.75, 3.05) is 6.61 Å². The van der Waals surface area contributed by atoms with Crippen LogP contribution in [0, 0.1) is 0 Å². The van der Waals surface area contributed by atoms with Gasteiger partial charge in [0, 0.05) is 12.4 Å². The molecule has 5 heteroatoms. The van der Waals surface area contributed by atoms with Crippen LogP contribution < -0.4 is 11.1 Å². The lowest BCUT2D eigenvalue weighted by molar-refractivity contribution is 0.255. The van der Waals surface area contributed by atoms with Gasteiger partial charge in [-0.2, -0.15) is 0 Å². The molecule has 1 aromatic heterocycles. The molecule has 0 aliphatic carbocycles. The Morgan fingerprint density at radius 1 is 1.57 bits per heavy atom. The van der Waals surface area contributed by atoms with Crippen LogP contribution in [0.3, 0.4) is 0 Å². The maximum absolute atomic E-state index is 9.04. The summed E-state index contributed by atoms with van der Waals surface area (Å²) in [5.41, 5.74) is 6.41. The lowest BCUT2D eigenvalue weighted by Crippen LogP contribution is -2.41. The predicted molar refractivity (Wildman–Crippen MR) is 58.7 cm³/mol. The Balaban J connectivity index is 2.53. The second kappa shape index (κ2) is 5.51. The molecule has 0 saturated heterocycles. The second-order valence-electron chi connectivity index (χ2n) is 2.95. The summed E-state index contributed by atoms with van der Waals surface area (Å²) < 4.78 is 0. The van der Waals surface area contributed by atoms with Crippen molar-refractivity contribution >= 4 is 17.3 Å². The largest absolute Gasteiger partial charge is 0.394 e. The molecule has 0 unspecified atom stereocenters. The van der Waals surface area contributed by atoms with E-state index < -0.39 is 0 Å². The molecule has 76 valence electrons. The minimum atomic E-state index is -0.130. The standard InChI is InChI=1S/C9H13N3OS/c10-9(14)12-8(6-13)5-7-1-3-11-4-2-7/h1-4,8,13H,5-6H2,(H3,10,12,14)/t8-/m1/s1. The molecule has 4 N–H and O–H groups in total. The molecule has 14 heavy (non-hydrogen) atoms. The fourth-order valence-corrected chi connectivity index (χ4v) is 1.33. The van der Waals surface area contributed by atoms with Crippen LogP contribution in [0.1, 0.15) is 5.56 Å². The van der Waals surface area contributed by atoms with E-state index in [1.54, 1.807) is 12.4 Å². The van der Waals surface area contributed by atoms with Gasteiger partial charge < -0.3 is 16.2 Å². The average Bonchev–Trinajstić information content (AvgIpc) is 2.17. The summed E-state index contributed by atoms with van der Waals surface area (Å²) in [7, 11) is 0. The van der Waals surface area contributed by atoms with Crippen molar-refractivity contribution in [1.82, 2.24) is 10.3 Å². The SMILES string of the molecule is NC(=S)N[C@@H](CO)Cc1ccncc1. The number of aliphatic hydroxyl groups is 1. The van der Waals surface area contributed by atoms with Gasteiger partial charge >= 0.3 is 0 Å². The second-order valence-corrected chi connectivity index (χ2v) is 3.39. The van der Waals surface area contributed by atoms with Gasteiger partial charge in [0.25, 0.3) is 0 Å². The zero-order valence-corrected chi connectivity index (χ0v) is 8.50. The molecule has 0 aromatic carbocycles. The number of aliphatic hydroxyl groups excluding tert-OH is 1. The van der Waals surface area contributed by atoms with Crippen molar-refractivity contribution in [3.63, 3.8) is 0 Å². The van der Waals surface area contributed by atoms with Gasteiger partial charge in [-0.05, 0) is 36.3 Å². The highest BCUT2D eigenvalue weighted by molar-refractivity contribution is 7.80. The van der Waals surface area contributed by atoms with Gasteiger partial charge in [0.1, 0.15) is 0 Å². The van der Waals surface area contributed by atoms with Crippen molar-refractivity contribution < 1.29 is 5.11 Å². The minimum absolute atomic E-state index is 0.000334. The number of rotatable bonds is 4. The average molecular weight is 211 g/mol. The van der Waals surface area contributed by atoms with E-state index >= 15 is 0 Å².